The molecular weight excluding hydrogens is 354 g/mol. The molecule has 0 radical (unpaired) electrons. The maximum atomic E-state index is 12.5. The van der Waals surface area contributed by atoms with E-state index in [4.69, 9.17) is 10.3 Å². The van der Waals surface area contributed by atoms with Crippen molar-refractivity contribution in [2.45, 2.75) is 18.0 Å². The van der Waals surface area contributed by atoms with E-state index < -0.39 is 10.0 Å². The van der Waals surface area contributed by atoms with E-state index in [-0.39, 0.29) is 19.0 Å². The monoisotopic (exact) mass is 373 g/mol. The molecule has 2 heterocycles. The van der Waals surface area contributed by atoms with Gasteiger partial charge in [0.25, 0.3) is 0 Å². The van der Waals surface area contributed by atoms with Crippen LogP contribution in [0.4, 0.5) is 0 Å². The Kier molecular flexibility index (Phi) is 6.30. The van der Waals surface area contributed by atoms with Crippen LogP contribution in [0.15, 0.2) is 39.8 Å². The van der Waals surface area contributed by atoms with Crippen molar-refractivity contribution in [1.82, 2.24) is 19.3 Å². The van der Waals surface area contributed by atoms with Crippen LogP contribution < -0.4 is 5.73 Å². The molecule has 0 unspecified atom stereocenters. The first kappa shape index (κ1) is 18.8. The average Bonchev–Trinajstić information content (AvgIpc) is 3.04. The first-order valence-electron chi connectivity index (χ1n) is 7.38. The molecule has 2 aromatic rings. The van der Waals surface area contributed by atoms with Crippen molar-refractivity contribution in [3.8, 4) is 0 Å². The van der Waals surface area contributed by atoms with Crippen LogP contribution in [0.3, 0.4) is 0 Å². The minimum Gasteiger partial charge on any atom is -0.338 e. The fourth-order valence-corrected chi connectivity index (χ4v) is 3.95. The van der Waals surface area contributed by atoms with Crippen molar-refractivity contribution in [1.29, 1.82) is 0 Å². The number of benzene rings is 1. The van der Waals surface area contributed by atoms with Gasteiger partial charge in [-0.15, -0.1) is 12.4 Å². The molecule has 8 nitrogen and oxygen atoms in total. The van der Waals surface area contributed by atoms with E-state index in [9.17, 15) is 8.42 Å². The molecule has 0 amide bonds. The first-order valence-corrected chi connectivity index (χ1v) is 8.82. The third kappa shape index (κ3) is 4.11. The molecule has 1 aromatic carbocycles. The summed E-state index contributed by atoms with van der Waals surface area (Å²) in [6.07, 6.45) is 0. The van der Waals surface area contributed by atoms with Crippen LogP contribution in [-0.2, 0) is 23.1 Å². The summed E-state index contributed by atoms with van der Waals surface area (Å²) in [4.78, 5) is 6.59. The second kappa shape index (κ2) is 8.04. The number of halogens is 1. The molecule has 1 aromatic heterocycles. The van der Waals surface area contributed by atoms with E-state index in [1.54, 1.807) is 30.3 Å². The summed E-state index contributed by atoms with van der Waals surface area (Å²) < 4.78 is 31.6. The molecule has 1 fully saturated rings. The smallest absolute Gasteiger partial charge is 0.243 e. The second-order valence-corrected chi connectivity index (χ2v) is 7.24. The fraction of sp³-hybridized carbons (Fsp3) is 0.429. The van der Waals surface area contributed by atoms with Crippen LogP contribution in [0.2, 0.25) is 0 Å². The van der Waals surface area contributed by atoms with Gasteiger partial charge in [-0.3, -0.25) is 4.90 Å². The maximum absolute atomic E-state index is 12.5. The number of hydrogen-bond acceptors (Lipinski definition) is 7. The highest BCUT2D eigenvalue weighted by Gasteiger charge is 2.28. The van der Waals surface area contributed by atoms with E-state index in [2.05, 4.69) is 15.0 Å². The summed E-state index contributed by atoms with van der Waals surface area (Å²) in [6.45, 7) is 2.88. The first-order chi connectivity index (χ1) is 11.1. The lowest BCUT2D eigenvalue weighted by atomic mass is 10.3. The van der Waals surface area contributed by atoms with E-state index in [0.29, 0.717) is 49.3 Å². The van der Waals surface area contributed by atoms with Crippen molar-refractivity contribution >= 4 is 22.4 Å². The SMILES string of the molecule is Cl.NCc1nc(CN2CCN(S(=O)(=O)c3ccccc3)CC2)no1. The number of aromatic nitrogens is 2. The van der Waals surface area contributed by atoms with Gasteiger partial charge in [-0.1, -0.05) is 23.4 Å². The Morgan fingerprint density at radius 2 is 1.79 bits per heavy atom. The van der Waals surface area contributed by atoms with E-state index in [0.717, 1.165) is 0 Å². The fourth-order valence-electron chi connectivity index (χ4n) is 2.51. The lowest BCUT2D eigenvalue weighted by Gasteiger charge is -2.33. The topological polar surface area (TPSA) is 106 Å². The summed E-state index contributed by atoms with van der Waals surface area (Å²) in [7, 11) is -3.42. The number of hydrogen-bond donors (Lipinski definition) is 1. The number of sulfonamides is 1. The average molecular weight is 374 g/mol. The normalized spacial score (nSPS) is 16.7. The van der Waals surface area contributed by atoms with Crippen molar-refractivity contribution in [2.75, 3.05) is 26.2 Å². The molecule has 3 rings (SSSR count). The van der Waals surface area contributed by atoms with Gasteiger partial charge in [0.2, 0.25) is 15.9 Å². The molecule has 0 saturated carbocycles. The minimum atomic E-state index is -3.42. The third-order valence-electron chi connectivity index (χ3n) is 3.76. The molecule has 0 aliphatic carbocycles. The Bertz CT molecular complexity index is 745. The minimum absolute atomic E-state index is 0. The van der Waals surface area contributed by atoms with Crippen LogP contribution in [0, 0.1) is 0 Å². The molecule has 2 N–H and O–H groups in total. The van der Waals surface area contributed by atoms with Crippen LogP contribution >= 0.6 is 12.4 Å². The zero-order valence-corrected chi connectivity index (χ0v) is 14.7. The van der Waals surface area contributed by atoms with Crippen molar-refractivity contribution < 1.29 is 12.9 Å². The molecule has 1 aliphatic heterocycles. The molecule has 132 valence electrons. The van der Waals surface area contributed by atoms with Gasteiger partial charge in [-0.25, -0.2) is 8.42 Å². The molecule has 0 spiro atoms. The Hall–Kier alpha value is -1.52. The Balaban J connectivity index is 0.00000208. The number of piperazine rings is 1. The zero-order valence-electron chi connectivity index (χ0n) is 13.0. The van der Waals surface area contributed by atoms with Crippen molar-refractivity contribution in [2.24, 2.45) is 5.73 Å². The maximum Gasteiger partial charge on any atom is 0.243 e. The largest absolute Gasteiger partial charge is 0.338 e. The summed E-state index contributed by atoms with van der Waals surface area (Å²) in [5, 5.41) is 3.86. The van der Waals surface area contributed by atoms with Gasteiger partial charge in [0.05, 0.1) is 18.0 Å². The van der Waals surface area contributed by atoms with E-state index >= 15 is 0 Å². The number of nitrogens with two attached hydrogens (primary N) is 1. The summed E-state index contributed by atoms with van der Waals surface area (Å²) in [6, 6.07) is 8.50. The van der Waals surface area contributed by atoms with Gasteiger partial charge >= 0.3 is 0 Å². The van der Waals surface area contributed by atoms with Gasteiger partial charge in [0.1, 0.15) is 0 Å². The lowest BCUT2D eigenvalue weighted by Crippen LogP contribution is -2.48. The third-order valence-corrected chi connectivity index (χ3v) is 5.67. The Labute approximate surface area is 147 Å². The Morgan fingerprint density at radius 1 is 1.12 bits per heavy atom. The summed E-state index contributed by atoms with van der Waals surface area (Å²) in [5.41, 5.74) is 5.43. The molecule has 0 bridgehead atoms. The number of rotatable bonds is 5. The van der Waals surface area contributed by atoms with E-state index in [1.165, 1.54) is 4.31 Å². The molecular formula is C14H20ClN5O3S. The van der Waals surface area contributed by atoms with Crippen LogP contribution in [0.1, 0.15) is 11.7 Å². The van der Waals surface area contributed by atoms with Crippen LogP contribution in [-0.4, -0.2) is 53.9 Å². The standard InChI is InChI=1S/C14H19N5O3S.ClH/c15-10-14-16-13(17-22-14)11-18-6-8-19(9-7-18)23(20,21)12-4-2-1-3-5-12;/h1-5H,6-11,15H2;1H. The zero-order chi connectivity index (χ0) is 16.3. The van der Waals surface area contributed by atoms with Crippen molar-refractivity contribution in [3.05, 3.63) is 42.0 Å². The second-order valence-electron chi connectivity index (χ2n) is 5.30. The van der Waals surface area contributed by atoms with Gasteiger partial charge in [0.15, 0.2) is 5.82 Å². The van der Waals surface area contributed by atoms with Gasteiger partial charge in [-0.2, -0.15) is 9.29 Å². The van der Waals surface area contributed by atoms with Gasteiger partial charge in [0, 0.05) is 26.2 Å². The van der Waals surface area contributed by atoms with E-state index in [1.807, 2.05) is 0 Å². The molecule has 1 saturated heterocycles. The molecule has 1 aliphatic rings. The van der Waals surface area contributed by atoms with Crippen LogP contribution in [0.5, 0.6) is 0 Å². The predicted molar refractivity (Wildman–Crippen MR) is 89.9 cm³/mol. The van der Waals surface area contributed by atoms with Gasteiger partial charge in [-0.05, 0) is 12.1 Å². The highest BCUT2D eigenvalue weighted by molar-refractivity contribution is 7.89. The Morgan fingerprint density at radius 3 is 2.38 bits per heavy atom. The quantitative estimate of drug-likeness (QED) is 0.811. The lowest BCUT2D eigenvalue weighted by molar-refractivity contribution is 0.176. The van der Waals surface area contributed by atoms with Crippen LogP contribution in [0.25, 0.3) is 0 Å². The predicted octanol–water partition coefficient (Wildman–Crippen LogP) is 0.457. The molecule has 24 heavy (non-hydrogen) atoms. The number of nitrogens with zero attached hydrogens (tertiary/aromatic N) is 4. The van der Waals surface area contributed by atoms with Crippen molar-refractivity contribution in [3.63, 3.8) is 0 Å². The highest BCUT2D eigenvalue weighted by Crippen LogP contribution is 2.17. The molecule has 0 atom stereocenters. The van der Waals surface area contributed by atoms with Gasteiger partial charge < -0.3 is 10.3 Å². The summed E-state index contributed by atoms with van der Waals surface area (Å²) in [5.74, 6) is 0.982. The summed E-state index contributed by atoms with van der Waals surface area (Å²) >= 11 is 0. The molecule has 10 heteroatoms. The highest BCUT2D eigenvalue weighted by atomic mass is 35.5.